The van der Waals surface area contributed by atoms with E-state index in [1.54, 1.807) is 12.1 Å². The number of anilines is 2. The lowest BCUT2D eigenvalue weighted by atomic mass is 9.82. The van der Waals surface area contributed by atoms with Gasteiger partial charge in [0.25, 0.3) is 0 Å². The zero-order chi connectivity index (χ0) is 27.8. The van der Waals surface area contributed by atoms with Crippen LogP contribution in [0.5, 0.6) is 0 Å². The number of rotatable bonds is 16. The molecular formula is C32H50N4O2+2. The molecule has 1 aliphatic rings. The van der Waals surface area contributed by atoms with Crippen molar-refractivity contribution in [2.24, 2.45) is 0 Å². The Bertz CT molecular complexity index is 1000. The van der Waals surface area contributed by atoms with Crippen LogP contribution in [0.1, 0.15) is 86.2 Å². The summed E-state index contributed by atoms with van der Waals surface area (Å²) in [6.07, 6.45) is 2.02. The van der Waals surface area contributed by atoms with Crippen molar-refractivity contribution in [3.05, 3.63) is 58.7 Å². The molecule has 3 rings (SSSR count). The SMILES string of the molecule is CC[N+](CC)(CC)CCCNc1ccc(NCCC[N+](CC)(CC)CC)c2c1C(=O)c1ccccc1C2=O. The predicted molar refractivity (Wildman–Crippen MR) is 159 cm³/mol. The molecule has 2 aromatic rings. The van der Waals surface area contributed by atoms with Gasteiger partial charge in [-0.2, -0.15) is 0 Å². The highest BCUT2D eigenvalue weighted by Crippen LogP contribution is 2.36. The van der Waals surface area contributed by atoms with Crippen LogP contribution in [0.25, 0.3) is 0 Å². The Kier molecular flexibility index (Phi) is 10.5. The van der Waals surface area contributed by atoms with Gasteiger partial charge < -0.3 is 19.6 Å². The largest absolute Gasteiger partial charge is 0.384 e. The van der Waals surface area contributed by atoms with Crippen LogP contribution in [0.2, 0.25) is 0 Å². The summed E-state index contributed by atoms with van der Waals surface area (Å²) in [4.78, 5) is 27.4. The molecule has 0 bridgehead atoms. The smallest absolute Gasteiger partial charge is 0.196 e. The Morgan fingerprint density at radius 1 is 0.553 bits per heavy atom. The number of quaternary nitrogens is 2. The lowest BCUT2D eigenvalue weighted by molar-refractivity contribution is -0.923. The molecule has 0 spiro atoms. The zero-order valence-electron chi connectivity index (χ0n) is 24.7. The molecule has 0 saturated carbocycles. The van der Waals surface area contributed by atoms with Gasteiger partial charge in [0.15, 0.2) is 11.6 Å². The van der Waals surface area contributed by atoms with Gasteiger partial charge in [-0.05, 0) is 53.7 Å². The molecule has 1 aliphatic carbocycles. The van der Waals surface area contributed by atoms with Crippen molar-refractivity contribution in [2.75, 3.05) is 76.1 Å². The minimum Gasteiger partial charge on any atom is -0.384 e. The summed E-state index contributed by atoms with van der Waals surface area (Å²) in [6.45, 7) is 24.1. The van der Waals surface area contributed by atoms with E-state index in [9.17, 15) is 9.59 Å². The summed E-state index contributed by atoms with van der Waals surface area (Å²) < 4.78 is 2.20. The molecule has 0 amide bonds. The normalized spacial score (nSPS) is 13.3. The summed E-state index contributed by atoms with van der Waals surface area (Å²) in [5.41, 5.74) is 3.56. The molecule has 0 fully saturated rings. The second-order valence-corrected chi connectivity index (χ2v) is 10.7. The fourth-order valence-electron chi connectivity index (χ4n) is 6.08. The van der Waals surface area contributed by atoms with E-state index in [-0.39, 0.29) is 11.6 Å². The van der Waals surface area contributed by atoms with Crippen molar-refractivity contribution < 1.29 is 18.6 Å². The third kappa shape index (κ3) is 6.13. The van der Waals surface area contributed by atoms with Crippen LogP contribution in [0, 0.1) is 0 Å². The zero-order valence-corrected chi connectivity index (χ0v) is 24.7. The van der Waals surface area contributed by atoms with Gasteiger partial charge in [0.2, 0.25) is 0 Å². The molecule has 0 unspecified atom stereocenters. The molecule has 0 heterocycles. The first kappa shape index (κ1) is 29.9. The number of nitrogens with one attached hydrogen (secondary N) is 2. The molecule has 2 aromatic carbocycles. The quantitative estimate of drug-likeness (QED) is 0.184. The van der Waals surface area contributed by atoms with Crippen LogP contribution >= 0.6 is 0 Å². The van der Waals surface area contributed by atoms with Gasteiger partial charge in [0, 0.05) is 48.4 Å². The first-order valence-corrected chi connectivity index (χ1v) is 14.9. The molecule has 0 aromatic heterocycles. The molecular weight excluding hydrogens is 472 g/mol. The Balaban J connectivity index is 1.83. The van der Waals surface area contributed by atoms with Gasteiger partial charge in [-0.25, -0.2) is 0 Å². The fraction of sp³-hybridized carbons (Fsp3) is 0.562. The molecule has 0 radical (unpaired) electrons. The highest BCUT2D eigenvalue weighted by Gasteiger charge is 2.34. The minimum atomic E-state index is -0.0687. The van der Waals surface area contributed by atoms with Crippen molar-refractivity contribution in [3.8, 4) is 0 Å². The Morgan fingerprint density at radius 3 is 1.21 bits per heavy atom. The monoisotopic (exact) mass is 522 g/mol. The van der Waals surface area contributed by atoms with E-state index >= 15 is 0 Å². The number of benzene rings is 2. The summed E-state index contributed by atoms with van der Waals surface area (Å²) in [5.74, 6) is -0.137. The average molecular weight is 523 g/mol. The Morgan fingerprint density at radius 2 is 0.895 bits per heavy atom. The number of hydrogen-bond donors (Lipinski definition) is 2. The number of carbonyl (C=O) groups excluding carboxylic acids is 2. The van der Waals surface area contributed by atoms with Crippen molar-refractivity contribution in [1.82, 2.24) is 0 Å². The topological polar surface area (TPSA) is 58.2 Å². The number of fused-ring (bicyclic) bond motifs is 2. The number of hydrogen-bond acceptors (Lipinski definition) is 4. The van der Waals surface area contributed by atoms with Gasteiger partial charge >= 0.3 is 0 Å². The lowest BCUT2D eigenvalue weighted by Crippen LogP contribution is -2.48. The molecule has 6 nitrogen and oxygen atoms in total. The van der Waals surface area contributed by atoms with Crippen LogP contribution < -0.4 is 10.6 Å². The number of nitrogens with zero attached hydrogens (tertiary/aromatic N) is 2. The number of ketones is 2. The molecule has 0 atom stereocenters. The second-order valence-electron chi connectivity index (χ2n) is 10.7. The van der Waals surface area contributed by atoms with Gasteiger partial charge in [-0.15, -0.1) is 0 Å². The van der Waals surface area contributed by atoms with Crippen LogP contribution in [0.4, 0.5) is 11.4 Å². The molecule has 0 saturated heterocycles. The first-order valence-electron chi connectivity index (χ1n) is 14.9. The molecule has 0 aliphatic heterocycles. The lowest BCUT2D eigenvalue weighted by Gasteiger charge is -2.36. The van der Waals surface area contributed by atoms with Crippen molar-refractivity contribution in [3.63, 3.8) is 0 Å². The summed E-state index contributed by atoms with van der Waals surface area (Å²) in [7, 11) is 0. The highest BCUT2D eigenvalue weighted by molar-refractivity contribution is 6.31. The van der Waals surface area contributed by atoms with Gasteiger partial charge in [-0.1, -0.05) is 24.3 Å². The molecule has 208 valence electrons. The van der Waals surface area contributed by atoms with Gasteiger partial charge in [0.05, 0.1) is 63.5 Å². The Hall–Kier alpha value is -2.70. The van der Waals surface area contributed by atoms with E-state index in [1.165, 1.54) is 0 Å². The third-order valence-electron chi connectivity index (χ3n) is 9.35. The maximum Gasteiger partial charge on any atom is 0.196 e. The first-order chi connectivity index (χ1) is 18.3. The Labute approximate surface area is 230 Å². The predicted octanol–water partition coefficient (Wildman–Crippen LogP) is 5.82. The van der Waals surface area contributed by atoms with Crippen LogP contribution in [-0.4, -0.2) is 86.0 Å². The van der Waals surface area contributed by atoms with Crippen molar-refractivity contribution >= 4 is 22.9 Å². The van der Waals surface area contributed by atoms with Crippen LogP contribution in [0.3, 0.4) is 0 Å². The molecule has 6 heteroatoms. The van der Waals surface area contributed by atoms with E-state index < -0.39 is 0 Å². The highest BCUT2D eigenvalue weighted by atomic mass is 16.1. The maximum absolute atomic E-state index is 13.7. The third-order valence-corrected chi connectivity index (χ3v) is 9.35. The summed E-state index contributed by atoms with van der Waals surface area (Å²) >= 11 is 0. The van der Waals surface area contributed by atoms with E-state index in [0.717, 1.165) is 98.6 Å². The maximum atomic E-state index is 13.7. The standard InChI is InChI=1S/C32H48N4O2/c1-7-35(8-2,9-3)23-15-21-33-27-19-20-28(34-22-16-24-36(10-4,11-5)12-6)30-29(27)31(37)25-17-13-14-18-26(25)32(30)38/h13-14,17-20H,7-12,15-16,21-24H2,1-6H3/p+2. The van der Waals surface area contributed by atoms with Gasteiger partial charge in [0.1, 0.15) is 0 Å². The number of carbonyl (C=O) groups is 2. The fourth-order valence-corrected chi connectivity index (χ4v) is 6.08. The molecule has 38 heavy (non-hydrogen) atoms. The summed E-state index contributed by atoms with van der Waals surface area (Å²) in [6, 6.07) is 11.2. The van der Waals surface area contributed by atoms with E-state index in [1.807, 2.05) is 24.3 Å². The summed E-state index contributed by atoms with van der Waals surface area (Å²) in [5, 5.41) is 7.05. The second kappa shape index (κ2) is 13.4. The van der Waals surface area contributed by atoms with Crippen LogP contribution in [-0.2, 0) is 0 Å². The average Bonchev–Trinajstić information content (AvgIpc) is 2.97. The van der Waals surface area contributed by atoms with E-state index in [4.69, 9.17) is 0 Å². The minimum absolute atomic E-state index is 0.0687. The van der Waals surface area contributed by atoms with Crippen molar-refractivity contribution in [2.45, 2.75) is 54.4 Å². The molecule has 2 N–H and O–H groups in total. The van der Waals surface area contributed by atoms with Crippen LogP contribution in [0.15, 0.2) is 36.4 Å². The van der Waals surface area contributed by atoms with E-state index in [0.29, 0.717) is 22.3 Å². The van der Waals surface area contributed by atoms with Gasteiger partial charge in [-0.3, -0.25) is 9.59 Å². The van der Waals surface area contributed by atoms with Crippen molar-refractivity contribution in [1.29, 1.82) is 0 Å². The van der Waals surface area contributed by atoms with E-state index in [2.05, 4.69) is 52.2 Å².